The lowest BCUT2D eigenvalue weighted by atomic mass is 9.99. The van der Waals surface area contributed by atoms with Crippen LogP contribution in [0.5, 0.6) is 0 Å². The lowest BCUT2D eigenvalue weighted by Crippen LogP contribution is -2.06. The van der Waals surface area contributed by atoms with Gasteiger partial charge in [0.15, 0.2) is 5.82 Å². The van der Waals surface area contributed by atoms with E-state index < -0.39 is 0 Å². The van der Waals surface area contributed by atoms with Crippen molar-refractivity contribution in [3.05, 3.63) is 179 Å². The molecule has 0 aliphatic rings. The molecular weight excluding hydrogens is 763 g/mol. The second kappa shape index (κ2) is 14.5. The molecule has 0 atom stereocenters. The van der Waals surface area contributed by atoms with Gasteiger partial charge in [-0.2, -0.15) is 26.3 Å². The lowest BCUT2D eigenvalue weighted by Gasteiger charge is -2.18. The van der Waals surface area contributed by atoms with Gasteiger partial charge < -0.3 is 9.13 Å². The van der Waals surface area contributed by atoms with Crippen LogP contribution in [-0.4, -0.2) is 19.1 Å². The van der Waals surface area contributed by atoms with Crippen molar-refractivity contribution in [1.29, 1.82) is 26.3 Å². The zero-order chi connectivity index (χ0) is 42.6. The second-order valence-electron chi connectivity index (χ2n) is 15.2. The Hall–Kier alpha value is -9.33. The topological polar surface area (TPSA) is 155 Å². The zero-order valence-electron chi connectivity index (χ0n) is 33.3. The fourth-order valence-electron chi connectivity index (χ4n) is 8.73. The van der Waals surface area contributed by atoms with Gasteiger partial charge in [0.1, 0.15) is 6.07 Å². The molecular formula is C53H29N9. The van der Waals surface area contributed by atoms with Crippen LogP contribution in [0.1, 0.15) is 39.2 Å². The minimum absolute atomic E-state index is 0.389. The van der Waals surface area contributed by atoms with Gasteiger partial charge in [-0.1, -0.05) is 60.7 Å². The first-order valence-electron chi connectivity index (χ1n) is 19.7. The molecule has 0 saturated heterocycles. The number of rotatable bonds is 5. The minimum Gasteiger partial charge on any atom is -0.308 e. The molecule has 10 rings (SSSR count). The molecule has 0 amide bonds. The van der Waals surface area contributed by atoms with Gasteiger partial charge >= 0.3 is 0 Å². The highest BCUT2D eigenvalue weighted by atomic mass is 15.0. The molecule has 0 radical (unpaired) electrons. The smallest absolute Gasteiger partial charge is 0.161 e. The summed E-state index contributed by atoms with van der Waals surface area (Å²) in [7, 11) is 0. The van der Waals surface area contributed by atoms with E-state index in [9.17, 15) is 26.3 Å². The molecule has 62 heavy (non-hydrogen) atoms. The van der Waals surface area contributed by atoms with E-state index in [1.54, 1.807) is 36.4 Å². The molecule has 10 aromatic rings. The number of hydrogen-bond donors (Lipinski definition) is 0. The summed E-state index contributed by atoms with van der Waals surface area (Å²) in [6.07, 6.45) is 0. The summed E-state index contributed by atoms with van der Waals surface area (Å²) in [5, 5.41) is 54.3. The maximum Gasteiger partial charge on any atom is 0.161 e. The Balaban J connectivity index is 1.30. The molecule has 0 aliphatic heterocycles. The number of fused-ring (bicyclic) bond motifs is 6. The molecule has 0 bridgehead atoms. The normalized spacial score (nSPS) is 11.0. The van der Waals surface area contributed by atoms with Crippen molar-refractivity contribution in [3.63, 3.8) is 0 Å². The molecule has 0 N–H and O–H groups in total. The maximum atomic E-state index is 11.2. The van der Waals surface area contributed by atoms with Crippen LogP contribution in [0.3, 0.4) is 0 Å². The van der Waals surface area contributed by atoms with E-state index >= 15 is 0 Å². The highest BCUT2D eigenvalue weighted by Crippen LogP contribution is 2.42. The standard InChI is InChI=1S/C53H29N9/c1-31-15-32(2)60-53(59-31)46-25-49(61-47-9-5-3-7-42(47)44-13-11-37(22-50(44)61)39-18-33(26-54)16-34(19-39)27-55)41(30-58)24-52(46)62-48-10-6-4-8-43(48)45-14-12-38(23-51(45)62)40-20-35(28-56)17-36(21-40)29-57/h3-25H,1-2H3. The molecule has 9 heteroatoms. The first-order valence-corrected chi connectivity index (χ1v) is 19.7. The van der Waals surface area contributed by atoms with Gasteiger partial charge in [-0.15, -0.1) is 0 Å². The fraction of sp³-hybridized carbons (Fsp3) is 0.0377. The van der Waals surface area contributed by atoms with Crippen LogP contribution in [-0.2, 0) is 0 Å². The predicted molar refractivity (Wildman–Crippen MR) is 240 cm³/mol. The molecule has 7 aromatic carbocycles. The highest BCUT2D eigenvalue weighted by molar-refractivity contribution is 6.12. The summed E-state index contributed by atoms with van der Waals surface area (Å²) in [6.45, 7) is 3.88. The van der Waals surface area contributed by atoms with Crippen LogP contribution in [0.4, 0.5) is 0 Å². The van der Waals surface area contributed by atoms with Gasteiger partial charge in [0.05, 0.1) is 85.5 Å². The average Bonchev–Trinajstić information content (AvgIpc) is 3.82. The summed E-state index contributed by atoms with van der Waals surface area (Å²) in [4.78, 5) is 9.99. The van der Waals surface area contributed by atoms with Crippen LogP contribution >= 0.6 is 0 Å². The SMILES string of the molecule is Cc1cc(C)nc(-c2cc(-n3c4ccccc4c4ccc(-c5cc(C#N)cc(C#N)c5)cc43)c(C#N)cc2-n2c3ccccc3c3ccc(-c4cc(C#N)cc(C#N)c4)cc32)n1. The average molecular weight is 792 g/mol. The minimum atomic E-state index is 0.389. The molecule has 0 aliphatic carbocycles. The van der Waals surface area contributed by atoms with Crippen molar-refractivity contribution in [2.45, 2.75) is 13.8 Å². The third-order valence-electron chi connectivity index (χ3n) is 11.3. The van der Waals surface area contributed by atoms with Gasteiger partial charge in [0, 0.05) is 38.5 Å². The second-order valence-corrected chi connectivity index (χ2v) is 15.2. The molecule has 0 fully saturated rings. The Labute approximate surface area is 355 Å². The first kappa shape index (κ1) is 37.0. The molecule has 3 heterocycles. The summed E-state index contributed by atoms with van der Waals surface area (Å²) < 4.78 is 4.24. The van der Waals surface area contributed by atoms with Crippen molar-refractivity contribution in [2.75, 3.05) is 0 Å². The molecule has 3 aromatic heterocycles. The van der Waals surface area contributed by atoms with E-state index in [2.05, 4.69) is 69.8 Å². The third kappa shape index (κ3) is 5.97. The van der Waals surface area contributed by atoms with Crippen molar-refractivity contribution >= 4 is 43.6 Å². The highest BCUT2D eigenvalue weighted by Gasteiger charge is 2.24. The Morgan fingerprint density at radius 3 is 1.27 bits per heavy atom. The Morgan fingerprint density at radius 1 is 0.387 bits per heavy atom. The van der Waals surface area contributed by atoms with Crippen molar-refractivity contribution in [3.8, 4) is 75.4 Å². The number of aromatic nitrogens is 4. The van der Waals surface area contributed by atoms with Crippen molar-refractivity contribution in [1.82, 2.24) is 19.1 Å². The van der Waals surface area contributed by atoms with Gasteiger partial charge in [0.25, 0.3) is 0 Å². The number of aryl methyl sites for hydroxylation is 2. The Bertz CT molecular complexity index is 3710. The van der Waals surface area contributed by atoms with E-state index in [1.165, 1.54) is 0 Å². The van der Waals surface area contributed by atoms with Gasteiger partial charge in [0.2, 0.25) is 0 Å². The van der Waals surface area contributed by atoms with Crippen molar-refractivity contribution in [2.24, 2.45) is 0 Å². The fourth-order valence-corrected chi connectivity index (χ4v) is 8.73. The van der Waals surface area contributed by atoms with E-state index in [0.29, 0.717) is 50.6 Å². The lowest BCUT2D eigenvalue weighted by molar-refractivity contribution is 1.05. The first-order chi connectivity index (χ1) is 30.3. The molecule has 0 saturated carbocycles. The number of hydrogen-bond acceptors (Lipinski definition) is 7. The predicted octanol–water partition coefficient (Wildman–Crippen LogP) is 11.6. The maximum absolute atomic E-state index is 11.2. The summed E-state index contributed by atoms with van der Waals surface area (Å²) in [5.41, 5.74) is 12.1. The van der Waals surface area contributed by atoms with E-state index in [4.69, 9.17) is 9.97 Å². The summed E-state index contributed by atoms with van der Waals surface area (Å²) in [5.74, 6) is 0.490. The summed E-state index contributed by atoms with van der Waals surface area (Å²) >= 11 is 0. The number of benzene rings is 7. The van der Waals surface area contributed by atoms with Gasteiger partial charge in [-0.05, 0) is 115 Å². The van der Waals surface area contributed by atoms with Crippen LogP contribution in [0.2, 0.25) is 0 Å². The van der Waals surface area contributed by atoms with Crippen LogP contribution in [0.15, 0.2) is 140 Å². The van der Waals surface area contributed by atoms with E-state index in [-0.39, 0.29) is 0 Å². The zero-order valence-corrected chi connectivity index (χ0v) is 33.3. The monoisotopic (exact) mass is 791 g/mol. The van der Waals surface area contributed by atoms with E-state index in [0.717, 1.165) is 77.3 Å². The van der Waals surface area contributed by atoms with Gasteiger partial charge in [-0.25, -0.2) is 9.97 Å². The largest absolute Gasteiger partial charge is 0.308 e. The van der Waals surface area contributed by atoms with Crippen LogP contribution < -0.4 is 0 Å². The Kier molecular flexibility index (Phi) is 8.64. The number of nitrogens with zero attached hydrogens (tertiary/aromatic N) is 9. The number of nitriles is 5. The van der Waals surface area contributed by atoms with Gasteiger partial charge in [-0.3, -0.25) is 0 Å². The van der Waals surface area contributed by atoms with Crippen LogP contribution in [0, 0.1) is 70.5 Å². The Morgan fingerprint density at radius 2 is 0.823 bits per heavy atom. The third-order valence-corrected chi connectivity index (χ3v) is 11.3. The number of para-hydroxylation sites is 2. The molecule has 286 valence electrons. The van der Waals surface area contributed by atoms with Crippen molar-refractivity contribution < 1.29 is 0 Å². The summed E-state index contributed by atoms with van der Waals surface area (Å²) in [6, 6.07) is 55.8. The van der Waals surface area contributed by atoms with Crippen LogP contribution in [0.25, 0.3) is 88.6 Å². The van der Waals surface area contributed by atoms with E-state index in [1.807, 2.05) is 86.6 Å². The molecule has 9 nitrogen and oxygen atoms in total. The molecule has 0 unspecified atom stereocenters. The molecule has 0 spiro atoms. The quantitative estimate of drug-likeness (QED) is 0.168.